The van der Waals surface area contributed by atoms with Gasteiger partial charge in [0.25, 0.3) is 5.95 Å². The molecule has 0 spiro atoms. The van der Waals surface area contributed by atoms with E-state index < -0.39 is 0 Å². The van der Waals surface area contributed by atoms with E-state index in [2.05, 4.69) is 57.8 Å². The van der Waals surface area contributed by atoms with Crippen LogP contribution in [0.5, 0.6) is 5.75 Å². The van der Waals surface area contributed by atoms with Gasteiger partial charge in [-0.05, 0) is 47.1 Å². The maximum atomic E-state index is 5.83. The number of tetrazole rings is 1. The summed E-state index contributed by atoms with van der Waals surface area (Å²) in [5, 5.41) is 16.6. The maximum absolute atomic E-state index is 5.83. The van der Waals surface area contributed by atoms with Crippen molar-refractivity contribution in [2.24, 2.45) is 0 Å². The molecule has 0 atom stereocenters. The molecule has 0 saturated heterocycles. The Morgan fingerprint density at radius 1 is 1.37 bits per heavy atom. The van der Waals surface area contributed by atoms with Crippen LogP contribution < -0.4 is 10.1 Å². The number of anilines is 1. The maximum Gasteiger partial charge on any atom is 0.263 e. The Labute approximate surface area is 127 Å². The number of aromatic amines is 1. The minimum absolute atomic E-state index is 0.0985. The van der Waals surface area contributed by atoms with Crippen molar-refractivity contribution in [1.29, 1.82) is 0 Å². The second-order valence-electron chi connectivity index (χ2n) is 4.13. The molecule has 2 N–H and O–H groups in total. The number of nitrogens with zero attached hydrogens (tertiary/aromatic N) is 3. The summed E-state index contributed by atoms with van der Waals surface area (Å²) < 4.78 is 7.70. The minimum atomic E-state index is 0.0985. The number of benzene rings is 1. The van der Waals surface area contributed by atoms with Crippen LogP contribution in [0.4, 0.5) is 5.95 Å². The SMILES string of the molecule is CC(C)Oc1c(Br)cc(Br)cc1CNc1nn[nH]n1. The van der Waals surface area contributed by atoms with Crippen LogP contribution in [0.1, 0.15) is 19.4 Å². The summed E-state index contributed by atoms with van der Waals surface area (Å²) >= 11 is 6.98. The molecule has 0 aliphatic carbocycles. The first-order valence-corrected chi connectivity index (χ1v) is 7.26. The molecule has 19 heavy (non-hydrogen) atoms. The molecule has 0 aliphatic heterocycles. The van der Waals surface area contributed by atoms with Gasteiger partial charge >= 0.3 is 0 Å². The highest BCUT2D eigenvalue weighted by Gasteiger charge is 2.12. The van der Waals surface area contributed by atoms with Crippen LogP contribution in [0.3, 0.4) is 0 Å². The quantitative estimate of drug-likeness (QED) is 0.820. The van der Waals surface area contributed by atoms with Gasteiger partial charge < -0.3 is 10.1 Å². The Bertz CT molecular complexity index is 544. The first-order chi connectivity index (χ1) is 9.06. The Balaban J connectivity index is 2.21. The van der Waals surface area contributed by atoms with Crippen molar-refractivity contribution in [3.05, 3.63) is 26.6 Å². The van der Waals surface area contributed by atoms with E-state index >= 15 is 0 Å². The molecule has 0 fully saturated rings. The van der Waals surface area contributed by atoms with Crippen LogP contribution in [-0.4, -0.2) is 26.7 Å². The molecule has 6 nitrogen and oxygen atoms in total. The van der Waals surface area contributed by atoms with Crippen LogP contribution in [0, 0.1) is 0 Å². The standard InChI is InChI=1S/C11H13Br2N5O/c1-6(2)19-10-7(3-8(12)4-9(10)13)5-14-11-15-17-18-16-11/h3-4,6H,5H2,1-2H3,(H2,14,15,16,17,18). The molecule has 0 radical (unpaired) electrons. The second kappa shape index (κ2) is 6.33. The van der Waals surface area contributed by atoms with Crippen molar-refractivity contribution >= 4 is 37.8 Å². The highest BCUT2D eigenvalue weighted by molar-refractivity contribution is 9.11. The summed E-state index contributed by atoms with van der Waals surface area (Å²) in [5.41, 5.74) is 1.000. The molecule has 0 bridgehead atoms. The summed E-state index contributed by atoms with van der Waals surface area (Å²) in [7, 11) is 0. The van der Waals surface area contributed by atoms with Gasteiger partial charge in [0.1, 0.15) is 5.75 Å². The summed E-state index contributed by atoms with van der Waals surface area (Å²) in [6, 6.07) is 3.95. The monoisotopic (exact) mass is 389 g/mol. The van der Waals surface area contributed by atoms with Crippen LogP contribution in [0.25, 0.3) is 0 Å². The molecule has 1 heterocycles. The van der Waals surface area contributed by atoms with Crippen molar-refractivity contribution in [2.75, 3.05) is 5.32 Å². The molecule has 2 rings (SSSR count). The summed E-state index contributed by atoms with van der Waals surface area (Å²) in [4.78, 5) is 0. The van der Waals surface area contributed by atoms with Gasteiger partial charge in [0.15, 0.2) is 0 Å². The molecule has 0 aliphatic rings. The average molecular weight is 391 g/mol. The van der Waals surface area contributed by atoms with Gasteiger partial charge in [0.05, 0.1) is 10.6 Å². The molecule has 0 saturated carbocycles. The van der Waals surface area contributed by atoms with E-state index in [4.69, 9.17) is 4.74 Å². The van der Waals surface area contributed by atoms with E-state index in [0.717, 1.165) is 20.3 Å². The van der Waals surface area contributed by atoms with Crippen molar-refractivity contribution < 1.29 is 4.74 Å². The highest BCUT2D eigenvalue weighted by Crippen LogP contribution is 2.34. The third-order valence-electron chi connectivity index (χ3n) is 2.22. The number of hydrogen-bond donors (Lipinski definition) is 2. The van der Waals surface area contributed by atoms with Crippen LogP contribution in [-0.2, 0) is 6.54 Å². The van der Waals surface area contributed by atoms with Crippen molar-refractivity contribution in [3.8, 4) is 5.75 Å². The zero-order chi connectivity index (χ0) is 13.8. The van der Waals surface area contributed by atoms with Crippen molar-refractivity contribution in [2.45, 2.75) is 26.5 Å². The molecule has 1 aromatic carbocycles. The summed E-state index contributed by atoms with van der Waals surface area (Å²) in [6.45, 7) is 4.52. The first kappa shape index (κ1) is 14.3. The minimum Gasteiger partial charge on any atom is -0.489 e. The van der Waals surface area contributed by atoms with E-state index in [1.165, 1.54) is 0 Å². The highest BCUT2D eigenvalue weighted by atomic mass is 79.9. The molecule has 0 unspecified atom stereocenters. The van der Waals surface area contributed by atoms with Gasteiger partial charge in [-0.25, -0.2) is 0 Å². The van der Waals surface area contributed by atoms with Crippen molar-refractivity contribution in [1.82, 2.24) is 20.6 Å². The Hall–Kier alpha value is -1.15. The molecule has 1 aromatic heterocycles. The smallest absolute Gasteiger partial charge is 0.263 e. The lowest BCUT2D eigenvalue weighted by molar-refractivity contribution is 0.238. The largest absolute Gasteiger partial charge is 0.489 e. The predicted octanol–water partition coefficient (Wildman–Crippen LogP) is 3.12. The Kier molecular flexibility index (Phi) is 4.76. The number of rotatable bonds is 5. The fourth-order valence-electron chi connectivity index (χ4n) is 1.52. The van der Waals surface area contributed by atoms with Gasteiger partial charge in [0.2, 0.25) is 0 Å². The van der Waals surface area contributed by atoms with E-state index in [0.29, 0.717) is 12.5 Å². The van der Waals surface area contributed by atoms with Gasteiger partial charge in [-0.2, -0.15) is 5.21 Å². The molecule has 8 heteroatoms. The number of aromatic nitrogens is 4. The lowest BCUT2D eigenvalue weighted by Gasteiger charge is -2.16. The third-order valence-corrected chi connectivity index (χ3v) is 3.27. The summed E-state index contributed by atoms with van der Waals surface area (Å²) in [6.07, 6.45) is 0.0985. The van der Waals surface area contributed by atoms with E-state index in [9.17, 15) is 0 Å². The number of nitrogens with one attached hydrogen (secondary N) is 2. The lowest BCUT2D eigenvalue weighted by Crippen LogP contribution is -2.10. The second-order valence-corrected chi connectivity index (χ2v) is 5.90. The third kappa shape index (κ3) is 3.90. The zero-order valence-corrected chi connectivity index (χ0v) is 13.6. The number of halogens is 2. The normalized spacial score (nSPS) is 10.8. The molecular weight excluding hydrogens is 378 g/mol. The van der Waals surface area contributed by atoms with Crippen LogP contribution in [0.2, 0.25) is 0 Å². The Morgan fingerprint density at radius 2 is 2.16 bits per heavy atom. The Morgan fingerprint density at radius 3 is 2.79 bits per heavy atom. The van der Waals surface area contributed by atoms with E-state index in [-0.39, 0.29) is 6.10 Å². The summed E-state index contributed by atoms with van der Waals surface area (Å²) in [5.74, 6) is 1.26. The first-order valence-electron chi connectivity index (χ1n) is 5.68. The average Bonchev–Trinajstić information content (AvgIpc) is 2.83. The van der Waals surface area contributed by atoms with E-state index in [1.54, 1.807) is 0 Å². The molecule has 102 valence electrons. The zero-order valence-electron chi connectivity index (χ0n) is 10.4. The molecule has 2 aromatic rings. The van der Waals surface area contributed by atoms with Crippen LogP contribution >= 0.6 is 31.9 Å². The number of hydrogen-bond acceptors (Lipinski definition) is 5. The van der Waals surface area contributed by atoms with Gasteiger partial charge in [-0.3, -0.25) is 0 Å². The topological polar surface area (TPSA) is 75.7 Å². The van der Waals surface area contributed by atoms with Gasteiger partial charge in [-0.15, -0.1) is 5.10 Å². The molecular formula is C11H13Br2N5O. The van der Waals surface area contributed by atoms with Gasteiger partial charge in [0, 0.05) is 16.6 Å². The van der Waals surface area contributed by atoms with Crippen molar-refractivity contribution in [3.63, 3.8) is 0 Å². The molecule has 0 amide bonds. The van der Waals surface area contributed by atoms with Crippen LogP contribution in [0.15, 0.2) is 21.1 Å². The van der Waals surface area contributed by atoms with E-state index in [1.807, 2.05) is 26.0 Å². The lowest BCUT2D eigenvalue weighted by atomic mass is 10.2. The number of ether oxygens (including phenoxy) is 1. The fourth-order valence-corrected chi connectivity index (χ4v) is 2.93. The predicted molar refractivity (Wildman–Crippen MR) is 79.1 cm³/mol. The fraction of sp³-hybridized carbons (Fsp3) is 0.364. The van der Waals surface area contributed by atoms with Gasteiger partial charge in [-0.1, -0.05) is 21.0 Å². The number of H-pyrrole nitrogens is 1.